The van der Waals surface area contributed by atoms with Gasteiger partial charge in [-0.3, -0.25) is 18.6 Å². The molecule has 0 aliphatic rings. The lowest BCUT2D eigenvalue weighted by Gasteiger charge is -2.19. The van der Waals surface area contributed by atoms with E-state index in [0.717, 1.165) is 110 Å². The summed E-state index contributed by atoms with van der Waals surface area (Å²) in [5, 5.41) is 0. The van der Waals surface area contributed by atoms with Crippen molar-refractivity contribution in [2.24, 2.45) is 0 Å². The zero-order valence-electron chi connectivity index (χ0n) is 30.8. The van der Waals surface area contributed by atoms with Crippen LogP contribution < -0.4 is 0 Å². The molecule has 0 rings (SSSR count). The molecule has 2 atom stereocenters. The second-order valence-corrected chi connectivity index (χ2v) is 13.5. The molecule has 0 radical (unpaired) electrons. The molecule has 9 heteroatoms. The fourth-order valence-electron chi connectivity index (χ4n) is 4.63. The van der Waals surface area contributed by atoms with Gasteiger partial charge in [-0.2, -0.15) is 0 Å². The SMILES string of the molecule is CC/C=C\C/C=C\C/C=C\CCCCCCCC(=O)OCC(COP(=O)(O)OC)OC(=O)CCCCCCC/C=C\C/C=C\C/C=C\CC. The molecule has 0 spiro atoms. The van der Waals surface area contributed by atoms with Crippen LogP contribution in [0.3, 0.4) is 0 Å². The number of esters is 2. The van der Waals surface area contributed by atoms with Crippen LogP contribution >= 0.6 is 7.82 Å². The lowest BCUT2D eigenvalue weighted by molar-refractivity contribution is -0.161. The molecule has 0 amide bonds. The highest BCUT2D eigenvalue weighted by Gasteiger charge is 2.24. The van der Waals surface area contributed by atoms with Crippen molar-refractivity contribution in [2.45, 2.75) is 148 Å². The van der Waals surface area contributed by atoms with Crippen LogP contribution in [0.4, 0.5) is 0 Å². The molecule has 1 N–H and O–H groups in total. The molecule has 0 aliphatic heterocycles. The number of phosphoric acid groups is 1. The summed E-state index contributed by atoms with van der Waals surface area (Å²) in [6.07, 6.45) is 43.8. The van der Waals surface area contributed by atoms with E-state index < -0.39 is 32.5 Å². The van der Waals surface area contributed by atoms with Gasteiger partial charge in [0.1, 0.15) is 6.61 Å². The molecule has 0 aromatic rings. The molecule has 0 fully saturated rings. The van der Waals surface area contributed by atoms with E-state index in [9.17, 15) is 19.0 Å². The Bertz CT molecular complexity index is 1030. The first-order valence-corrected chi connectivity index (χ1v) is 20.1. The molecule has 49 heavy (non-hydrogen) atoms. The van der Waals surface area contributed by atoms with Gasteiger partial charge >= 0.3 is 19.8 Å². The minimum Gasteiger partial charge on any atom is -0.462 e. The summed E-state index contributed by atoms with van der Waals surface area (Å²) in [6.45, 7) is 3.61. The maximum absolute atomic E-state index is 12.4. The fourth-order valence-corrected chi connectivity index (χ4v) is 5.09. The molecule has 0 aromatic carbocycles. The average molecular weight is 707 g/mol. The van der Waals surface area contributed by atoms with Gasteiger partial charge < -0.3 is 14.4 Å². The summed E-state index contributed by atoms with van der Waals surface area (Å²) < 4.78 is 31.8. The number of rotatable bonds is 33. The number of ether oxygens (including phenoxy) is 2. The monoisotopic (exact) mass is 706 g/mol. The molecule has 280 valence electrons. The highest BCUT2D eigenvalue weighted by molar-refractivity contribution is 7.47. The van der Waals surface area contributed by atoms with E-state index in [0.29, 0.717) is 12.8 Å². The number of hydrogen-bond acceptors (Lipinski definition) is 7. The Balaban J connectivity index is 4.14. The average Bonchev–Trinajstić information content (AvgIpc) is 3.09. The van der Waals surface area contributed by atoms with E-state index in [-0.39, 0.29) is 19.4 Å². The van der Waals surface area contributed by atoms with Crippen LogP contribution in [0.2, 0.25) is 0 Å². The third-order valence-corrected chi connectivity index (χ3v) is 8.38. The smallest absolute Gasteiger partial charge is 0.462 e. The first-order chi connectivity index (χ1) is 23.8. The van der Waals surface area contributed by atoms with E-state index in [1.54, 1.807) is 0 Å². The van der Waals surface area contributed by atoms with Gasteiger partial charge in [0.2, 0.25) is 0 Å². The molecular weight excluding hydrogens is 639 g/mol. The van der Waals surface area contributed by atoms with Gasteiger partial charge in [0.15, 0.2) is 6.10 Å². The number of unbranched alkanes of at least 4 members (excludes halogenated alkanes) is 10. The topological polar surface area (TPSA) is 108 Å². The Kier molecular flexibility index (Phi) is 33.5. The van der Waals surface area contributed by atoms with E-state index in [1.807, 2.05) is 0 Å². The second-order valence-electron chi connectivity index (χ2n) is 11.9. The predicted molar refractivity (Wildman–Crippen MR) is 202 cm³/mol. The summed E-state index contributed by atoms with van der Waals surface area (Å²) in [7, 11) is -3.22. The summed E-state index contributed by atoms with van der Waals surface area (Å²) in [6, 6.07) is 0. The summed E-state index contributed by atoms with van der Waals surface area (Å²) in [5.74, 6) is -0.852. The summed E-state index contributed by atoms with van der Waals surface area (Å²) in [4.78, 5) is 34.3. The molecule has 0 heterocycles. The largest absolute Gasteiger partial charge is 0.472 e. The fraction of sp³-hybridized carbons (Fsp3) is 0.650. The van der Waals surface area contributed by atoms with Crippen LogP contribution in [0.15, 0.2) is 72.9 Å². The Morgan fingerprint density at radius 3 is 1.45 bits per heavy atom. The van der Waals surface area contributed by atoms with Crippen LogP contribution in [0.5, 0.6) is 0 Å². The number of hydrogen-bond donors (Lipinski definition) is 1. The minimum absolute atomic E-state index is 0.217. The maximum Gasteiger partial charge on any atom is 0.472 e. The number of allylic oxidation sites excluding steroid dienone is 12. The van der Waals surface area contributed by atoms with E-state index >= 15 is 0 Å². The highest BCUT2D eigenvalue weighted by atomic mass is 31.2. The van der Waals surface area contributed by atoms with Crippen molar-refractivity contribution in [3.63, 3.8) is 0 Å². The van der Waals surface area contributed by atoms with Crippen LogP contribution in [0, 0.1) is 0 Å². The molecule has 0 saturated carbocycles. The number of phosphoric ester groups is 1. The summed E-state index contributed by atoms with van der Waals surface area (Å²) in [5.41, 5.74) is 0. The molecule has 0 saturated heterocycles. The predicted octanol–water partition coefficient (Wildman–Crippen LogP) is 11.4. The van der Waals surface area contributed by atoms with Crippen molar-refractivity contribution in [1.29, 1.82) is 0 Å². The van der Waals surface area contributed by atoms with Gasteiger partial charge in [-0.1, -0.05) is 125 Å². The zero-order valence-corrected chi connectivity index (χ0v) is 31.7. The van der Waals surface area contributed by atoms with Crippen LogP contribution in [0.25, 0.3) is 0 Å². The molecule has 2 unspecified atom stereocenters. The molecule has 0 aliphatic carbocycles. The third-order valence-electron chi connectivity index (χ3n) is 7.45. The van der Waals surface area contributed by atoms with E-state index in [1.165, 1.54) is 0 Å². The van der Waals surface area contributed by atoms with Gasteiger partial charge in [0.25, 0.3) is 0 Å². The summed E-state index contributed by atoms with van der Waals surface area (Å²) >= 11 is 0. The minimum atomic E-state index is -4.27. The first-order valence-electron chi connectivity index (χ1n) is 18.6. The van der Waals surface area contributed by atoms with E-state index in [2.05, 4.69) is 91.3 Å². The molecule has 0 bridgehead atoms. The van der Waals surface area contributed by atoms with Crippen molar-refractivity contribution in [1.82, 2.24) is 0 Å². The standard InChI is InChI=1S/C40H67O8P/c1-4-6-8-10-12-14-16-18-20-22-24-26-28-30-32-34-39(41)46-36-38(37-47-49(43,44)45-3)48-40(42)35-33-31-29-27-25-23-21-19-17-15-13-11-9-7-5-2/h6-9,12-15,18-21,38H,4-5,10-11,16-17,22-37H2,1-3H3,(H,43,44)/b8-6-,9-7-,14-12-,15-13-,20-18-,21-19-. The molecule has 8 nitrogen and oxygen atoms in total. The van der Waals surface area contributed by atoms with Gasteiger partial charge in [-0.15, -0.1) is 0 Å². The second kappa shape index (κ2) is 35.3. The van der Waals surface area contributed by atoms with Crippen LogP contribution in [-0.4, -0.2) is 43.3 Å². The number of carbonyl (C=O) groups is 2. The Labute approximate surface area is 298 Å². The third kappa shape index (κ3) is 35.1. The number of carbonyl (C=O) groups excluding carboxylic acids is 2. The van der Waals surface area contributed by atoms with Gasteiger partial charge in [0, 0.05) is 20.0 Å². The van der Waals surface area contributed by atoms with Crippen LogP contribution in [0.1, 0.15) is 142 Å². The molecular formula is C40H67O8P. The highest BCUT2D eigenvalue weighted by Crippen LogP contribution is 2.42. The van der Waals surface area contributed by atoms with E-state index in [4.69, 9.17) is 14.0 Å². The zero-order chi connectivity index (χ0) is 36.1. The Hall–Kier alpha value is -2.51. The maximum atomic E-state index is 12.4. The lowest BCUT2D eigenvalue weighted by atomic mass is 10.1. The van der Waals surface area contributed by atoms with Gasteiger partial charge in [-0.05, 0) is 77.0 Å². The van der Waals surface area contributed by atoms with Crippen molar-refractivity contribution in [2.75, 3.05) is 20.3 Å². The normalized spacial score (nSPS) is 14.3. The Morgan fingerprint density at radius 2 is 0.980 bits per heavy atom. The Morgan fingerprint density at radius 1 is 0.571 bits per heavy atom. The van der Waals surface area contributed by atoms with Gasteiger partial charge in [0.05, 0.1) is 6.61 Å². The van der Waals surface area contributed by atoms with Crippen molar-refractivity contribution in [3.05, 3.63) is 72.9 Å². The lowest BCUT2D eigenvalue weighted by Crippen LogP contribution is -2.29. The van der Waals surface area contributed by atoms with Crippen LogP contribution in [-0.2, 0) is 32.7 Å². The van der Waals surface area contributed by atoms with Crippen molar-refractivity contribution in [3.8, 4) is 0 Å². The molecule has 0 aromatic heterocycles. The first kappa shape index (κ1) is 46.5. The van der Waals surface area contributed by atoms with Crippen molar-refractivity contribution >= 4 is 19.8 Å². The van der Waals surface area contributed by atoms with Gasteiger partial charge in [-0.25, -0.2) is 4.57 Å². The quantitative estimate of drug-likeness (QED) is 0.0311. The van der Waals surface area contributed by atoms with Crippen molar-refractivity contribution < 1.29 is 37.6 Å².